The summed E-state index contributed by atoms with van der Waals surface area (Å²) in [5, 5.41) is 1.54. The van der Waals surface area contributed by atoms with Crippen LogP contribution in [0.15, 0.2) is 53.6 Å². The second-order valence-electron chi connectivity index (χ2n) is 15.8. The van der Waals surface area contributed by atoms with Gasteiger partial charge in [-0.2, -0.15) is 0 Å². The van der Waals surface area contributed by atoms with Crippen molar-refractivity contribution >= 4 is 28.0 Å². The highest BCUT2D eigenvalue weighted by molar-refractivity contribution is 6.08. The van der Waals surface area contributed by atoms with E-state index >= 15 is 0 Å². The van der Waals surface area contributed by atoms with E-state index in [1.54, 1.807) is 32.0 Å². The molecule has 1 spiro atoms. The van der Waals surface area contributed by atoms with Crippen molar-refractivity contribution in [2.75, 3.05) is 64.9 Å². The summed E-state index contributed by atoms with van der Waals surface area (Å²) in [6, 6.07) is 12.0. The molecule has 8 rings (SSSR count). The van der Waals surface area contributed by atoms with Gasteiger partial charge in [0.15, 0.2) is 11.6 Å². The molecule has 0 bridgehead atoms. The van der Waals surface area contributed by atoms with Gasteiger partial charge in [0.25, 0.3) is 5.56 Å². The summed E-state index contributed by atoms with van der Waals surface area (Å²) in [5.74, 6) is 2.58. The monoisotopic (exact) mass is 703 g/mol. The normalized spacial score (nSPS) is 19.1. The number of aryl methyl sites for hydroxylation is 1. The summed E-state index contributed by atoms with van der Waals surface area (Å²) in [6.07, 6.45) is 8.34. The van der Waals surface area contributed by atoms with Crippen molar-refractivity contribution in [3.05, 3.63) is 81.5 Å². The molecular weight excluding hydrogens is 654 g/mol. The van der Waals surface area contributed by atoms with Crippen molar-refractivity contribution in [3.8, 4) is 22.6 Å². The summed E-state index contributed by atoms with van der Waals surface area (Å²) in [7, 11) is 5.22. The third kappa shape index (κ3) is 6.40. The summed E-state index contributed by atoms with van der Waals surface area (Å²) in [5.41, 5.74) is 6.40. The van der Waals surface area contributed by atoms with Gasteiger partial charge >= 0.3 is 0 Å². The van der Waals surface area contributed by atoms with Crippen LogP contribution in [0.4, 0.5) is 5.69 Å². The van der Waals surface area contributed by atoms with Gasteiger partial charge in [-0.25, -0.2) is 0 Å². The van der Waals surface area contributed by atoms with E-state index in [9.17, 15) is 14.4 Å². The summed E-state index contributed by atoms with van der Waals surface area (Å²) in [4.78, 5) is 49.3. The molecule has 0 amide bonds. The smallest absolute Gasteiger partial charge is 0.259 e. The number of piperidine rings is 1. The molecule has 4 aliphatic rings. The fraction of sp³-hybridized carbons (Fsp3) is 0.476. The highest BCUT2D eigenvalue weighted by Crippen LogP contribution is 2.44. The van der Waals surface area contributed by atoms with Crippen LogP contribution >= 0.6 is 0 Å². The average molecular weight is 704 g/mol. The number of hydrogen-bond acceptors (Lipinski definition) is 9. The van der Waals surface area contributed by atoms with E-state index in [2.05, 4.69) is 37.9 Å². The Bertz CT molecular complexity index is 2090. The lowest BCUT2D eigenvalue weighted by molar-refractivity contribution is 0.0247. The Morgan fingerprint density at radius 1 is 0.885 bits per heavy atom. The number of pyridine rings is 2. The number of methoxy groups -OCH3 is 2. The number of hydrogen-bond donors (Lipinski definition) is 0. The second kappa shape index (κ2) is 13.5. The largest absolute Gasteiger partial charge is 0.496 e. The highest BCUT2D eigenvalue weighted by atomic mass is 16.5. The van der Waals surface area contributed by atoms with E-state index in [1.807, 2.05) is 24.4 Å². The van der Waals surface area contributed by atoms with Crippen LogP contribution in [0.25, 0.3) is 21.9 Å². The van der Waals surface area contributed by atoms with Gasteiger partial charge in [0, 0.05) is 98.1 Å². The van der Waals surface area contributed by atoms with E-state index in [-0.39, 0.29) is 17.1 Å². The topological polar surface area (TPSA) is 97.2 Å². The van der Waals surface area contributed by atoms with Crippen molar-refractivity contribution < 1.29 is 19.1 Å². The van der Waals surface area contributed by atoms with E-state index in [0.717, 1.165) is 110 Å². The summed E-state index contributed by atoms with van der Waals surface area (Å²) >= 11 is 0. The molecule has 3 aliphatic heterocycles. The van der Waals surface area contributed by atoms with Gasteiger partial charge in [0.05, 0.1) is 25.2 Å². The molecule has 4 fully saturated rings. The third-order valence-electron chi connectivity index (χ3n) is 12.0. The van der Waals surface area contributed by atoms with Gasteiger partial charge in [-0.1, -0.05) is 0 Å². The van der Waals surface area contributed by atoms with Gasteiger partial charge in [0.2, 0.25) is 0 Å². The van der Waals surface area contributed by atoms with Gasteiger partial charge in [-0.05, 0) is 106 Å². The number of Topliss-reactive ketones (excluding diaryl/α,β-unsaturated/α-hetero) is 2. The van der Waals surface area contributed by atoms with E-state index in [0.29, 0.717) is 33.8 Å². The predicted octanol–water partition coefficient (Wildman–Crippen LogP) is 5.93. The van der Waals surface area contributed by atoms with E-state index in [4.69, 9.17) is 9.47 Å². The molecule has 2 aromatic carbocycles. The van der Waals surface area contributed by atoms with Gasteiger partial charge in [-0.15, -0.1) is 0 Å². The number of carbonyl (C=O) groups excluding carboxylic acids is 2. The maximum absolute atomic E-state index is 13.0. The molecule has 5 heterocycles. The number of rotatable bonds is 11. The van der Waals surface area contributed by atoms with Crippen LogP contribution in [0, 0.1) is 11.3 Å². The van der Waals surface area contributed by atoms with Crippen LogP contribution in [-0.4, -0.2) is 91.0 Å². The first-order valence-electron chi connectivity index (χ1n) is 18.6. The first-order valence-corrected chi connectivity index (χ1v) is 18.6. The second-order valence-corrected chi connectivity index (χ2v) is 15.8. The molecule has 10 heteroatoms. The zero-order valence-electron chi connectivity index (χ0n) is 31.0. The fourth-order valence-electron chi connectivity index (χ4n) is 8.81. The molecule has 272 valence electrons. The molecular formula is C42H49N5O5. The maximum Gasteiger partial charge on any atom is 0.259 e. The molecule has 52 heavy (non-hydrogen) atoms. The van der Waals surface area contributed by atoms with Crippen LogP contribution in [0.3, 0.4) is 0 Å². The lowest BCUT2D eigenvalue weighted by atomic mass is 9.71. The number of ether oxygens (including phenoxy) is 2. The third-order valence-corrected chi connectivity index (χ3v) is 12.0. The van der Waals surface area contributed by atoms with Gasteiger partial charge in [0.1, 0.15) is 11.5 Å². The van der Waals surface area contributed by atoms with Crippen molar-refractivity contribution in [3.63, 3.8) is 0 Å². The quantitative estimate of drug-likeness (QED) is 0.176. The molecule has 10 nitrogen and oxygen atoms in total. The van der Waals surface area contributed by atoms with Crippen LogP contribution in [0.2, 0.25) is 0 Å². The van der Waals surface area contributed by atoms with Crippen molar-refractivity contribution in [2.45, 2.75) is 52.0 Å². The van der Waals surface area contributed by atoms with Crippen LogP contribution in [0.1, 0.15) is 77.4 Å². The molecule has 3 saturated heterocycles. The SMILES string of the molecule is COc1cc(-c2cn(C)c(=O)c3cnc(C4CC4)cc23)cc(OC)c1CN1CC(CN2CCC3(CC2)CN(c2ccc(C(C)=O)c(C(C)=O)c2)C3)C1. The Labute approximate surface area is 305 Å². The standard InChI is InChI=1S/C42H49N5O5/c1-26(48)32-9-8-31(16-33(32)27(2)49)47-24-42(25-47)10-12-45(13-11-42)19-28-20-46(21-28)23-37-39(51-4)14-30(15-40(37)52-5)36-22-44(3)41(50)35-18-43-38(17-34(35)36)29-6-7-29/h8-9,14-18,22,28-29H,6-7,10-13,19-21,23-25H2,1-5H3. The Balaban J connectivity index is 0.881. The van der Waals surface area contributed by atoms with Crippen LogP contribution in [-0.2, 0) is 13.6 Å². The number of benzene rings is 2. The molecule has 1 saturated carbocycles. The average Bonchev–Trinajstić information content (AvgIpc) is 3.97. The molecule has 1 aliphatic carbocycles. The Morgan fingerprint density at radius 3 is 2.17 bits per heavy atom. The maximum atomic E-state index is 13.0. The van der Waals surface area contributed by atoms with Gasteiger partial charge < -0.3 is 23.8 Å². The van der Waals surface area contributed by atoms with Crippen molar-refractivity contribution in [2.24, 2.45) is 18.4 Å². The number of ketones is 2. The van der Waals surface area contributed by atoms with E-state index < -0.39 is 0 Å². The number of likely N-dealkylation sites (tertiary alicyclic amines) is 2. The Kier molecular flexibility index (Phi) is 8.94. The minimum absolute atomic E-state index is 0.0470. The lowest BCUT2D eigenvalue weighted by Gasteiger charge is -2.55. The predicted molar refractivity (Wildman–Crippen MR) is 203 cm³/mol. The molecule has 0 atom stereocenters. The lowest BCUT2D eigenvalue weighted by Crippen LogP contribution is -2.61. The summed E-state index contributed by atoms with van der Waals surface area (Å²) < 4.78 is 13.6. The number of aromatic nitrogens is 2. The van der Waals surface area contributed by atoms with Crippen LogP contribution in [0.5, 0.6) is 11.5 Å². The first-order chi connectivity index (χ1) is 25.0. The van der Waals surface area contributed by atoms with Crippen molar-refractivity contribution in [1.29, 1.82) is 0 Å². The number of carbonyl (C=O) groups is 2. The first kappa shape index (κ1) is 34.5. The van der Waals surface area contributed by atoms with Gasteiger partial charge in [-0.3, -0.25) is 24.3 Å². The zero-order chi connectivity index (χ0) is 36.3. The minimum Gasteiger partial charge on any atom is -0.496 e. The highest BCUT2D eigenvalue weighted by Gasteiger charge is 2.45. The van der Waals surface area contributed by atoms with Crippen molar-refractivity contribution in [1.82, 2.24) is 19.4 Å². The molecule has 2 aromatic heterocycles. The summed E-state index contributed by atoms with van der Waals surface area (Å²) in [6.45, 7) is 11.3. The number of anilines is 1. The number of fused-ring (bicyclic) bond motifs is 1. The fourth-order valence-corrected chi connectivity index (χ4v) is 8.81. The molecule has 0 radical (unpaired) electrons. The molecule has 0 unspecified atom stereocenters. The van der Waals surface area contributed by atoms with E-state index in [1.165, 1.54) is 26.7 Å². The van der Waals surface area contributed by atoms with Crippen LogP contribution < -0.4 is 19.9 Å². The Morgan fingerprint density at radius 2 is 1.56 bits per heavy atom. The molecule has 4 aromatic rings. The minimum atomic E-state index is -0.0690. The molecule has 0 N–H and O–H groups in total. The Hall–Kier alpha value is -4.54. The zero-order valence-corrected chi connectivity index (χ0v) is 31.0. The number of nitrogens with zero attached hydrogens (tertiary/aromatic N) is 5.